The molecular formula is C27H32N2O6. The molecule has 1 fully saturated rings. The van der Waals surface area contributed by atoms with Gasteiger partial charge in [-0.05, 0) is 50.5 Å². The molecule has 1 N–H and O–H groups in total. The van der Waals surface area contributed by atoms with Crippen LogP contribution in [0.4, 0.5) is 5.69 Å². The van der Waals surface area contributed by atoms with Gasteiger partial charge in [0.15, 0.2) is 6.61 Å². The summed E-state index contributed by atoms with van der Waals surface area (Å²) in [6.45, 7) is 5.18. The van der Waals surface area contributed by atoms with Crippen molar-refractivity contribution >= 4 is 29.5 Å². The smallest absolute Gasteiger partial charge is 0.309 e. The zero-order valence-corrected chi connectivity index (χ0v) is 20.2. The van der Waals surface area contributed by atoms with Crippen molar-refractivity contribution in [1.82, 2.24) is 4.90 Å². The van der Waals surface area contributed by atoms with E-state index in [9.17, 15) is 14.4 Å². The van der Waals surface area contributed by atoms with Crippen molar-refractivity contribution in [3.05, 3.63) is 60.2 Å². The highest BCUT2D eigenvalue weighted by atomic mass is 16.5. The fourth-order valence-corrected chi connectivity index (χ4v) is 3.76. The minimum absolute atomic E-state index is 0.0839. The number of ether oxygens (including phenoxy) is 3. The Hall–Kier alpha value is -3.81. The number of amides is 2. The van der Waals surface area contributed by atoms with Crippen molar-refractivity contribution in [2.75, 3.05) is 38.2 Å². The van der Waals surface area contributed by atoms with E-state index >= 15 is 0 Å². The maximum absolute atomic E-state index is 12.5. The third kappa shape index (κ3) is 7.88. The summed E-state index contributed by atoms with van der Waals surface area (Å²) < 4.78 is 16.3. The highest BCUT2D eigenvalue weighted by Crippen LogP contribution is 2.29. The molecule has 0 radical (unpaired) electrons. The first-order chi connectivity index (χ1) is 17.0. The van der Waals surface area contributed by atoms with Gasteiger partial charge in [-0.15, -0.1) is 0 Å². The van der Waals surface area contributed by atoms with Gasteiger partial charge >= 0.3 is 5.97 Å². The van der Waals surface area contributed by atoms with Gasteiger partial charge in [0.05, 0.1) is 24.8 Å². The van der Waals surface area contributed by atoms with Gasteiger partial charge in [0.1, 0.15) is 11.5 Å². The second-order valence-electron chi connectivity index (χ2n) is 8.02. The highest BCUT2D eigenvalue weighted by molar-refractivity contribution is 5.94. The SMILES string of the molecule is CCOc1ccc(OCC)c(NC(=O)COC(=O)C2CCN(C(=O)/C=C/c3ccccc3)CC2)c1. The van der Waals surface area contributed by atoms with Crippen molar-refractivity contribution in [1.29, 1.82) is 0 Å². The van der Waals surface area contributed by atoms with Gasteiger partial charge in [-0.2, -0.15) is 0 Å². The number of nitrogens with zero attached hydrogens (tertiary/aromatic N) is 1. The van der Waals surface area contributed by atoms with E-state index in [1.165, 1.54) is 0 Å². The van der Waals surface area contributed by atoms with E-state index in [0.29, 0.717) is 56.3 Å². The number of carbonyl (C=O) groups excluding carboxylic acids is 3. The Kier molecular flexibility index (Phi) is 9.71. The molecule has 0 atom stereocenters. The summed E-state index contributed by atoms with van der Waals surface area (Å²) in [6, 6.07) is 14.8. The van der Waals surface area contributed by atoms with Crippen LogP contribution in [-0.2, 0) is 19.1 Å². The van der Waals surface area contributed by atoms with Crippen molar-refractivity contribution in [2.45, 2.75) is 26.7 Å². The van der Waals surface area contributed by atoms with Crippen molar-refractivity contribution in [3.8, 4) is 11.5 Å². The number of rotatable bonds is 10. The second-order valence-corrected chi connectivity index (χ2v) is 8.02. The molecule has 8 nitrogen and oxygen atoms in total. The monoisotopic (exact) mass is 480 g/mol. The van der Waals surface area contributed by atoms with Crippen LogP contribution in [0.1, 0.15) is 32.3 Å². The number of hydrogen-bond acceptors (Lipinski definition) is 6. The standard InChI is InChI=1S/C27H32N2O6/c1-3-33-22-11-12-24(34-4-2)23(18-22)28-25(30)19-35-27(32)21-14-16-29(17-15-21)26(31)13-10-20-8-6-5-7-9-20/h5-13,18,21H,3-4,14-17,19H2,1-2H3,(H,28,30)/b13-10+. The lowest BCUT2D eigenvalue weighted by Gasteiger charge is -2.30. The van der Waals surface area contributed by atoms with Crippen LogP contribution in [0.15, 0.2) is 54.6 Å². The van der Waals surface area contributed by atoms with Gasteiger partial charge in [-0.3, -0.25) is 14.4 Å². The summed E-state index contributed by atoms with van der Waals surface area (Å²) in [4.78, 5) is 39.0. The summed E-state index contributed by atoms with van der Waals surface area (Å²) in [5, 5.41) is 2.72. The number of carbonyl (C=O) groups is 3. The molecule has 2 aromatic carbocycles. The van der Waals surface area contributed by atoms with Gasteiger partial charge in [-0.25, -0.2) is 0 Å². The Morgan fingerprint density at radius 2 is 1.71 bits per heavy atom. The van der Waals surface area contributed by atoms with Crippen LogP contribution < -0.4 is 14.8 Å². The van der Waals surface area contributed by atoms with Gasteiger partial charge in [-0.1, -0.05) is 30.3 Å². The molecule has 0 saturated carbocycles. The number of likely N-dealkylation sites (tertiary alicyclic amines) is 1. The van der Waals surface area contributed by atoms with E-state index in [0.717, 1.165) is 5.56 Å². The maximum atomic E-state index is 12.5. The third-order valence-electron chi connectivity index (χ3n) is 5.54. The maximum Gasteiger partial charge on any atom is 0.309 e. The fraction of sp³-hybridized carbons (Fsp3) is 0.370. The van der Waals surface area contributed by atoms with Crippen LogP contribution in [0, 0.1) is 5.92 Å². The van der Waals surface area contributed by atoms with Gasteiger partial charge in [0.25, 0.3) is 5.91 Å². The van der Waals surface area contributed by atoms with Crippen molar-refractivity contribution in [2.24, 2.45) is 5.92 Å². The average molecular weight is 481 g/mol. The molecule has 186 valence electrons. The van der Waals surface area contributed by atoms with E-state index in [1.54, 1.807) is 35.3 Å². The number of nitrogens with one attached hydrogen (secondary N) is 1. The number of anilines is 1. The van der Waals surface area contributed by atoms with Crippen molar-refractivity contribution < 1.29 is 28.6 Å². The zero-order valence-electron chi connectivity index (χ0n) is 20.2. The Morgan fingerprint density at radius 3 is 2.40 bits per heavy atom. The molecule has 0 aromatic heterocycles. The van der Waals surface area contributed by atoms with Gasteiger partial charge in [0.2, 0.25) is 5.91 Å². The van der Waals surface area contributed by atoms with Crippen molar-refractivity contribution in [3.63, 3.8) is 0 Å². The molecule has 1 heterocycles. The predicted molar refractivity (Wildman–Crippen MR) is 133 cm³/mol. The topological polar surface area (TPSA) is 94.2 Å². The summed E-state index contributed by atoms with van der Waals surface area (Å²) in [7, 11) is 0. The minimum Gasteiger partial charge on any atom is -0.494 e. The first kappa shape index (κ1) is 25.8. The second kappa shape index (κ2) is 13.2. The van der Waals surface area contributed by atoms with Crippen LogP contribution in [0.25, 0.3) is 6.08 Å². The fourth-order valence-electron chi connectivity index (χ4n) is 3.76. The average Bonchev–Trinajstić information content (AvgIpc) is 2.88. The number of esters is 1. The molecule has 0 unspecified atom stereocenters. The Bertz CT molecular complexity index is 1030. The summed E-state index contributed by atoms with van der Waals surface area (Å²) >= 11 is 0. The molecule has 8 heteroatoms. The molecule has 1 aliphatic heterocycles. The van der Waals surface area contributed by atoms with E-state index < -0.39 is 18.5 Å². The third-order valence-corrected chi connectivity index (χ3v) is 5.54. The summed E-state index contributed by atoms with van der Waals surface area (Å²) in [5.41, 5.74) is 1.41. The molecule has 1 aliphatic rings. The summed E-state index contributed by atoms with van der Waals surface area (Å²) in [6.07, 6.45) is 4.32. The molecular weight excluding hydrogens is 448 g/mol. The lowest BCUT2D eigenvalue weighted by Crippen LogP contribution is -2.40. The minimum atomic E-state index is -0.466. The Balaban J connectivity index is 1.45. The predicted octanol–water partition coefficient (Wildman–Crippen LogP) is 3.92. The Morgan fingerprint density at radius 1 is 1.00 bits per heavy atom. The molecule has 3 rings (SSSR count). The first-order valence-electron chi connectivity index (χ1n) is 11.9. The normalized spacial score (nSPS) is 13.9. The van der Waals surface area contributed by atoms with Gasteiger partial charge < -0.3 is 24.4 Å². The highest BCUT2D eigenvalue weighted by Gasteiger charge is 2.28. The number of piperidine rings is 1. The van der Waals surface area contributed by atoms with E-state index in [2.05, 4.69) is 5.32 Å². The lowest BCUT2D eigenvalue weighted by molar-refractivity contribution is -0.153. The molecule has 35 heavy (non-hydrogen) atoms. The van der Waals surface area contributed by atoms with Crippen LogP contribution in [0.3, 0.4) is 0 Å². The van der Waals surface area contributed by atoms with Gasteiger partial charge in [0, 0.05) is 25.2 Å². The lowest BCUT2D eigenvalue weighted by atomic mass is 9.97. The Labute approximate surface area is 205 Å². The van der Waals surface area contributed by atoms with Crippen LogP contribution in [0.2, 0.25) is 0 Å². The molecule has 2 aromatic rings. The largest absolute Gasteiger partial charge is 0.494 e. The molecule has 0 spiro atoms. The molecule has 1 saturated heterocycles. The van der Waals surface area contributed by atoms with E-state index in [4.69, 9.17) is 14.2 Å². The molecule has 0 bridgehead atoms. The number of benzene rings is 2. The van der Waals surface area contributed by atoms with Crippen LogP contribution in [-0.4, -0.2) is 55.6 Å². The van der Waals surface area contributed by atoms with Crippen LogP contribution in [0.5, 0.6) is 11.5 Å². The van der Waals surface area contributed by atoms with Crippen LogP contribution >= 0.6 is 0 Å². The number of hydrogen-bond donors (Lipinski definition) is 1. The summed E-state index contributed by atoms with van der Waals surface area (Å²) in [5.74, 6) is -0.214. The quantitative estimate of drug-likeness (QED) is 0.409. The van der Waals surface area contributed by atoms with E-state index in [-0.39, 0.29) is 11.8 Å². The van der Waals surface area contributed by atoms with E-state index in [1.807, 2.05) is 44.2 Å². The first-order valence-corrected chi connectivity index (χ1v) is 11.9. The zero-order chi connectivity index (χ0) is 25.0. The molecule has 0 aliphatic carbocycles. The molecule has 2 amide bonds.